The van der Waals surface area contributed by atoms with Gasteiger partial charge in [0.25, 0.3) is 0 Å². The fourth-order valence-corrected chi connectivity index (χ4v) is 1.34. The van der Waals surface area contributed by atoms with Crippen LogP contribution >= 0.6 is 15.9 Å². The molecule has 0 atom stereocenters. The molecular formula is C8H7BrN2O4. The average molecular weight is 275 g/mol. The van der Waals surface area contributed by atoms with Crippen molar-refractivity contribution in [1.82, 2.24) is 0 Å². The van der Waals surface area contributed by atoms with Crippen LogP contribution in [0, 0.1) is 0 Å². The number of carbonyl (C=O) groups excluding carboxylic acids is 2. The third-order valence-corrected chi connectivity index (χ3v) is 1.74. The highest BCUT2D eigenvalue weighted by Crippen LogP contribution is 2.26. The second kappa shape index (κ2) is 4.65. The SMILES string of the molecule is NC(=O)Oc1cc(Br)cc(OC(N)=O)c1. The summed E-state index contributed by atoms with van der Waals surface area (Å²) in [7, 11) is 0. The zero-order valence-corrected chi connectivity index (χ0v) is 8.98. The number of hydrogen-bond acceptors (Lipinski definition) is 4. The molecule has 4 N–H and O–H groups in total. The minimum atomic E-state index is -0.960. The van der Waals surface area contributed by atoms with Crippen LogP contribution in [0.5, 0.6) is 11.5 Å². The predicted molar refractivity (Wildman–Crippen MR) is 54.6 cm³/mol. The molecule has 0 saturated heterocycles. The summed E-state index contributed by atoms with van der Waals surface area (Å²) in [5.74, 6) is 0.293. The molecule has 0 aliphatic rings. The Morgan fingerprint density at radius 1 is 1.00 bits per heavy atom. The average Bonchev–Trinajstić information content (AvgIpc) is 1.98. The van der Waals surface area contributed by atoms with E-state index >= 15 is 0 Å². The standard InChI is InChI=1S/C8H7BrN2O4/c9-4-1-5(14-7(10)12)3-6(2-4)15-8(11)13/h1-3H,(H2,10,12)(H2,11,13). The maximum Gasteiger partial charge on any atom is 0.409 e. The molecule has 0 aromatic heterocycles. The Morgan fingerprint density at radius 3 is 1.73 bits per heavy atom. The zero-order chi connectivity index (χ0) is 11.4. The van der Waals surface area contributed by atoms with Crippen molar-refractivity contribution >= 4 is 28.1 Å². The van der Waals surface area contributed by atoms with Crippen LogP contribution in [0.4, 0.5) is 9.59 Å². The van der Waals surface area contributed by atoms with Crippen LogP contribution in [-0.4, -0.2) is 12.2 Å². The summed E-state index contributed by atoms with van der Waals surface area (Å²) in [6.07, 6.45) is -1.92. The summed E-state index contributed by atoms with van der Waals surface area (Å²) in [6.45, 7) is 0. The van der Waals surface area contributed by atoms with Gasteiger partial charge < -0.3 is 20.9 Å². The molecule has 80 valence electrons. The minimum absolute atomic E-state index is 0.146. The van der Waals surface area contributed by atoms with Gasteiger partial charge in [0.15, 0.2) is 0 Å². The Labute approximate surface area is 93.3 Å². The van der Waals surface area contributed by atoms with Crippen LogP contribution in [0.25, 0.3) is 0 Å². The van der Waals surface area contributed by atoms with Crippen molar-refractivity contribution in [3.05, 3.63) is 22.7 Å². The zero-order valence-electron chi connectivity index (χ0n) is 7.40. The number of nitrogens with two attached hydrogens (primary N) is 2. The summed E-state index contributed by atoms with van der Waals surface area (Å²) in [5.41, 5.74) is 9.63. The maximum absolute atomic E-state index is 10.5. The predicted octanol–water partition coefficient (Wildman–Crippen LogP) is 1.36. The van der Waals surface area contributed by atoms with E-state index in [0.29, 0.717) is 4.47 Å². The van der Waals surface area contributed by atoms with E-state index in [4.69, 9.17) is 11.5 Å². The lowest BCUT2D eigenvalue weighted by molar-refractivity contribution is 0.209. The van der Waals surface area contributed by atoms with Gasteiger partial charge in [-0.15, -0.1) is 0 Å². The first-order valence-corrected chi connectivity index (χ1v) is 4.52. The first-order valence-electron chi connectivity index (χ1n) is 3.72. The minimum Gasteiger partial charge on any atom is -0.410 e. The van der Waals surface area contributed by atoms with Gasteiger partial charge in [-0.3, -0.25) is 0 Å². The molecule has 0 heterocycles. The number of ether oxygens (including phenoxy) is 2. The fourth-order valence-electron chi connectivity index (χ4n) is 0.887. The largest absolute Gasteiger partial charge is 0.410 e. The van der Waals surface area contributed by atoms with Gasteiger partial charge >= 0.3 is 12.2 Å². The Bertz CT molecular complexity index is 373. The topological polar surface area (TPSA) is 105 Å². The van der Waals surface area contributed by atoms with E-state index in [1.54, 1.807) is 0 Å². The molecular weight excluding hydrogens is 268 g/mol. The molecule has 1 aromatic carbocycles. The molecule has 0 radical (unpaired) electrons. The highest BCUT2D eigenvalue weighted by molar-refractivity contribution is 9.10. The van der Waals surface area contributed by atoms with Gasteiger partial charge in [-0.1, -0.05) is 15.9 Å². The molecule has 0 saturated carbocycles. The van der Waals surface area contributed by atoms with Crippen LogP contribution in [0.2, 0.25) is 0 Å². The lowest BCUT2D eigenvalue weighted by Gasteiger charge is -2.05. The number of halogens is 1. The lowest BCUT2D eigenvalue weighted by atomic mass is 10.3. The first kappa shape index (κ1) is 11.3. The Morgan fingerprint density at radius 2 is 1.40 bits per heavy atom. The highest BCUT2D eigenvalue weighted by atomic mass is 79.9. The van der Waals surface area contributed by atoms with Gasteiger partial charge in [0, 0.05) is 10.5 Å². The molecule has 0 aliphatic carbocycles. The van der Waals surface area contributed by atoms with E-state index in [1.165, 1.54) is 18.2 Å². The quantitative estimate of drug-likeness (QED) is 0.850. The second-order valence-corrected chi connectivity index (χ2v) is 3.38. The van der Waals surface area contributed by atoms with Gasteiger partial charge in [0.2, 0.25) is 0 Å². The first-order chi connectivity index (χ1) is 6.97. The van der Waals surface area contributed by atoms with Gasteiger partial charge in [-0.05, 0) is 12.1 Å². The van der Waals surface area contributed by atoms with E-state index in [1.807, 2.05) is 0 Å². The molecule has 2 amide bonds. The van der Waals surface area contributed by atoms with Crippen LogP contribution in [0.1, 0.15) is 0 Å². The Kier molecular flexibility index (Phi) is 3.51. The van der Waals surface area contributed by atoms with Crippen molar-refractivity contribution in [1.29, 1.82) is 0 Å². The van der Waals surface area contributed by atoms with Crippen LogP contribution in [0.15, 0.2) is 22.7 Å². The monoisotopic (exact) mass is 274 g/mol. The summed E-state index contributed by atoms with van der Waals surface area (Å²) in [6, 6.07) is 4.28. The molecule has 0 fully saturated rings. The van der Waals surface area contributed by atoms with E-state index in [9.17, 15) is 9.59 Å². The van der Waals surface area contributed by atoms with Crippen molar-refractivity contribution in [3.8, 4) is 11.5 Å². The van der Waals surface area contributed by atoms with Crippen LogP contribution in [0.3, 0.4) is 0 Å². The molecule has 1 aromatic rings. The number of rotatable bonds is 2. The third kappa shape index (κ3) is 3.86. The maximum atomic E-state index is 10.5. The Hall–Kier alpha value is -1.76. The van der Waals surface area contributed by atoms with Gasteiger partial charge in [-0.2, -0.15) is 0 Å². The van der Waals surface area contributed by atoms with Crippen LogP contribution in [-0.2, 0) is 0 Å². The number of benzene rings is 1. The van der Waals surface area contributed by atoms with Gasteiger partial charge in [0.05, 0.1) is 0 Å². The fraction of sp³-hybridized carbons (Fsp3) is 0. The summed E-state index contributed by atoms with van der Waals surface area (Å²) in [5, 5.41) is 0. The van der Waals surface area contributed by atoms with E-state index in [0.717, 1.165) is 0 Å². The van der Waals surface area contributed by atoms with Gasteiger partial charge in [0.1, 0.15) is 11.5 Å². The molecule has 1 rings (SSSR count). The lowest BCUT2D eigenvalue weighted by Crippen LogP contribution is -2.17. The molecule has 15 heavy (non-hydrogen) atoms. The van der Waals surface area contributed by atoms with Crippen LogP contribution < -0.4 is 20.9 Å². The van der Waals surface area contributed by atoms with Crippen molar-refractivity contribution < 1.29 is 19.1 Å². The van der Waals surface area contributed by atoms with E-state index in [-0.39, 0.29) is 11.5 Å². The number of hydrogen-bond donors (Lipinski definition) is 2. The molecule has 6 nitrogen and oxygen atoms in total. The third-order valence-electron chi connectivity index (χ3n) is 1.28. The molecule has 0 aliphatic heterocycles. The molecule has 0 bridgehead atoms. The van der Waals surface area contributed by atoms with E-state index < -0.39 is 12.2 Å². The Balaban J connectivity index is 2.94. The number of primary amides is 2. The van der Waals surface area contributed by atoms with Gasteiger partial charge in [-0.25, -0.2) is 9.59 Å². The highest BCUT2D eigenvalue weighted by Gasteiger charge is 2.06. The number of carbonyl (C=O) groups is 2. The van der Waals surface area contributed by atoms with Crippen molar-refractivity contribution in [2.45, 2.75) is 0 Å². The van der Waals surface area contributed by atoms with Crippen molar-refractivity contribution in [2.24, 2.45) is 11.5 Å². The smallest absolute Gasteiger partial charge is 0.409 e. The molecule has 0 unspecified atom stereocenters. The molecule has 0 spiro atoms. The second-order valence-electron chi connectivity index (χ2n) is 2.46. The molecule has 7 heteroatoms. The van der Waals surface area contributed by atoms with Crippen molar-refractivity contribution in [2.75, 3.05) is 0 Å². The summed E-state index contributed by atoms with van der Waals surface area (Å²) < 4.78 is 9.74. The summed E-state index contributed by atoms with van der Waals surface area (Å²) >= 11 is 3.13. The summed E-state index contributed by atoms with van der Waals surface area (Å²) in [4.78, 5) is 20.9. The number of amides is 2. The normalized spacial score (nSPS) is 9.40. The van der Waals surface area contributed by atoms with E-state index in [2.05, 4.69) is 25.4 Å². The van der Waals surface area contributed by atoms with Crippen molar-refractivity contribution in [3.63, 3.8) is 0 Å².